The molecule has 0 spiro atoms. The maximum Gasteiger partial charge on any atom is 0.196 e. The molecule has 8 aromatic rings. The summed E-state index contributed by atoms with van der Waals surface area (Å²) < 4.78 is 2.08. The van der Waals surface area contributed by atoms with Crippen molar-refractivity contribution in [2.24, 2.45) is 0 Å². The Kier molecular flexibility index (Phi) is 5.38. The maximum atomic E-state index is 5.10. The van der Waals surface area contributed by atoms with Gasteiger partial charge in [-0.2, -0.15) is 0 Å². The van der Waals surface area contributed by atoms with Crippen molar-refractivity contribution in [3.05, 3.63) is 140 Å². The van der Waals surface area contributed by atoms with Gasteiger partial charge in [-0.1, -0.05) is 84.9 Å². The summed E-state index contributed by atoms with van der Waals surface area (Å²) in [6.07, 6.45) is 1.82. The molecule has 0 N–H and O–H groups in total. The van der Waals surface area contributed by atoms with Gasteiger partial charge in [0.1, 0.15) is 5.65 Å². The van der Waals surface area contributed by atoms with Crippen molar-refractivity contribution >= 4 is 27.6 Å². The number of nitrogens with zero attached hydrogens (tertiary/aromatic N) is 5. The topological polar surface area (TPSA) is 56.0 Å². The fourth-order valence-corrected chi connectivity index (χ4v) is 5.49. The van der Waals surface area contributed by atoms with E-state index in [2.05, 4.69) is 83.3 Å². The number of benzene rings is 5. The van der Waals surface area contributed by atoms with Crippen LogP contribution in [0.4, 0.5) is 0 Å². The lowest BCUT2D eigenvalue weighted by molar-refractivity contribution is 1.07. The third-order valence-electron chi connectivity index (χ3n) is 7.44. The summed E-state index contributed by atoms with van der Waals surface area (Å²) in [4.78, 5) is 19.8. The van der Waals surface area contributed by atoms with Crippen molar-refractivity contribution in [3.63, 3.8) is 0 Å². The molecule has 0 saturated carbocycles. The van der Waals surface area contributed by atoms with Gasteiger partial charge in [0.2, 0.25) is 0 Å². The first-order valence-electron chi connectivity index (χ1n) is 13.6. The van der Waals surface area contributed by atoms with Crippen LogP contribution in [0.15, 0.2) is 140 Å². The Labute approximate surface area is 236 Å². The average Bonchev–Trinajstić information content (AvgIpc) is 3.45. The van der Waals surface area contributed by atoms with E-state index in [9.17, 15) is 0 Å². The van der Waals surface area contributed by atoms with Gasteiger partial charge >= 0.3 is 0 Å². The smallest absolute Gasteiger partial charge is 0.196 e. The van der Waals surface area contributed by atoms with Crippen LogP contribution in [0.3, 0.4) is 0 Å². The van der Waals surface area contributed by atoms with E-state index in [4.69, 9.17) is 19.9 Å². The molecule has 5 aromatic carbocycles. The molecule has 0 aliphatic heterocycles. The number of aromatic nitrogens is 5. The third kappa shape index (κ3) is 4.03. The van der Waals surface area contributed by atoms with Crippen molar-refractivity contribution in [2.75, 3.05) is 0 Å². The maximum absolute atomic E-state index is 5.10. The number of fused-ring (bicyclic) bond motifs is 5. The highest BCUT2D eigenvalue weighted by Gasteiger charge is 2.18. The molecule has 0 bridgehead atoms. The quantitative estimate of drug-likeness (QED) is 0.231. The van der Waals surface area contributed by atoms with Gasteiger partial charge in [-0.3, -0.25) is 4.40 Å². The molecule has 0 aliphatic rings. The Morgan fingerprint density at radius 2 is 1.07 bits per heavy atom. The van der Waals surface area contributed by atoms with Gasteiger partial charge in [0, 0.05) is 17.1 Å². The van der Waals surface area contributed by atoms with E-state index in [0.29, 0.717) is 11.6 Å². The van der Waals surface area contributed by atoms with Crippen LogP contribution in [-0.2, 0) is 0 Å². The second-order valence-electron chi connectivity index (χ2n) is 10.0. The minimum atomic E-state index is 0.549. The monoisotopic (exact) mass is 525 g/mol. The van der Waals surface area contributed by atoms with Gasteiger partial charge < -0.3 is 0 Å². The molecule has 41 heavy (non-hydrogen) atoms. The first-order chi connectivity index (χ1) is 20.3. The summed E-state index contributed by atoms with van der Waals surface area (Å²) in [6.45, 7) is 0. The third-order valence-corrected chi connectivity index (χ3v) is 7.44. The van der Waals surface area contributed by atoms with Gasteiger partial charge in [0.15, 0.2) is 11.6 Å². The van der Waals surface area contributed by atoms with E-state index < -0.39 is 0 Å². The molecule has 192 valence electrons. The van der Waals surface area contributed by atoms with Crippen LogP contribution in [0.5, 0.6) is 0 Å². The Hall–Kier alpha value is -5.68. The normalized spacial score (nSPS) is 11.4. The Morgan fingerprint density at radius 3 is 1.80 bits per heavy atom. The van der Waals surface area contributed by atoms with E-state index in [1.807, 2.05) is 60.8 Å². The summed E-state index contributed by atoms with van der Waals surface area (Å²) in [5.74, 6) is 1.21. The van der Waals surface area contributed by atoms with Crippen molar-refractivity contribution < 1.29 is 0 Å². The van der Waals surface area contributed by atoms with Crippen molar-refractivity contribution in [3.8, 4) is 45.2 Å². The largest absolute Gasteiger partial charge is 0.273 e. The zero-order chi connectivity index (χ0) is 27.2. The van der Waals surface area contributed by atoms with Crippen molar-refractivity contribution in [1.29, 1.82) is 0 Å². The highest BCUT2D eigenvalue weighted by atomic mass is 15.1. The number of hydrogen-bond donors (Lipinski definition) is 0. The van der Waals surface area contributed by atoms with E-state index in [1.54, 1.807) is 0 Å². The minimum absolute atomic E-state index is 0.549. The van der Waals surface area contributed by atoms with Gasteiger partial charge in [0.25, 0.3) is 0 Å². The van der Waals surface area contributed by atoms with Gasteiger partial charge in [-0.15, -0.1) is 0 Å². The predicted molar refractivity (Wildman–Crippen MR) is 165 cm³/mol. The lowest BCUT2D eigenvalue weighted by Crippen LogP contribution is -2.02. The summed E-state index contributed by atoms with van der Waals surface area (Å²) >= 11 is 0. The first-order valence-corrected chi connectivity index (χ1v) is 13.6. The number of imidazole rings is 1. The molecule has 0 aliphatic carbocycles. The van der Waals surface area contributed by atoms with Crippen LogP contribution in [0.2, 0.25) is 0 Å². The number of rotatable bonds is 4. The van der Waals surface area contributed by atoms with Gasteiger partial charge in [-0.05, 0) is 70.8 Å². The predicted octanol–water partition coefficient (Wildman–Crippen LogP) is 8.49. The molecule has 0 unspecified atom stereocenters. The van der Waals surface area contributed by atoms with E-state index in [0.717, 1.165) is 61.1 Å². The molecular weight excluding hydrogens is 502 g/mol. The van der Waals surface area contributed by atoms with Crippen LogP contribution in [0.1, 0.15) is 0 Å². The molecule has 3 aromatic heterocycles. The SMILES string of the molecule is c1ccc(-c2cc(-c3ccccc3)cc(-c3ccnc(-c4nc5ccccc5c5nc6ccccc6n45)n3)c2)cc1. The van der Waals surface area contributed by atoms with E-state index in [1.165, 1.54) is 0 Å². The number of hydrogen-bond acceptors (Lipinski definition) is 4. The Bertz CT molecular complexity index is 2140. The van der Waals surface area contributed by atoms with Crippen LogP contribution < -0.4 is 0 Å². The molecule has 0 radical (unpaired) electrons. The van der Waals surface area contributed by atoms with E-state index in [-0.39, 0.29) is 0 Å². The summed E-state index contributed by atoms with van der Waals surface area (Å²) in [5.41, 5.74) is 10.0. The zero-order valence-corrected chi connectivity index (χ0v) is 22.0. The minimum Gasteiger partial charge on any atom is -0.273 e. The van der Waals surface area contributed by atoms with Crippen LogP contribution >= 0.6 is 0 Å². The Morgan fingerprint density at radius 1 is 0.463 bits per heavy atom. The standard InChI is InChI=1S/C36H23N5/c1-3-11-24(12-4-1)26-21-27(25-13-5-2-6-14-25)23-28(22-26)30-19-20-37-34(38-30)36-39-31-16-8-7-15-29(31)35-40-32-17-9-10-18-33(32)41(35)36/h1-23H. The highest BCUT2D eigenvalue weighted by Crippen LogP contribution is 2.33. The molecule has 3 heterocycles. The summed E-state index contributed by atoms with van der Waals surface area (Å²) in [6, 6.07) is 45.7. The molecule has 0 saturated heterocycles. The van der Waals surface area contributed by atoms with Crippen molar-refractivity contribution in [2.45, 2.75) is 0 Å². The number of para-hydroxylation sites is 3. The second kappa shape index (κ2) is 9.50. The van der Waals surface area contributed by atoms with Crippen molar-refractivity contribution in [1.82, 2.24) is 24.3 Å². The second-order valence-corrected chi connectivity index (χ2v) is 10.0. The fourth-order valence-electron chi connectivity index (χ4n) is 5.49. The van der Waals surface area contributed by atoms with Gasteiger partial charge in [0.05, 0.1) is 22.2 Å². The molecular formula is C36H23N5. The molecule has 5 nitrogen and oxygen atoms in total. The van der Waals surface area contributed by atoms with Crippen LogP contribution in [0, 0.1) is 0 Å². The summed E-state index contributed by atoms with van der Waals surface area (Å²) in [5, 5.41) is 0.992. The van der Waals surface area contributed by atoms with E-state index >= 15 is 0 Å². The van der Waals surface area contributed by atoms with Gasteiger partial charge in [-0.25, -0.2) is 19.9 Å². The molecule has 8 rings (SSSR count). The fraction of sp³-hybridized carbons (Fsp3) is 0. The average molecular weight is 526 g/mol. The lowest BCUT2D eigenvalue weighted by atomic mass is 9.95. The molecule has 0 fully saturated rings. The zero-order valence-electron chi connectivity index (χ0n) is 22.0. The Balaban J connectivity index is 1.36. The van der Waals surface area contributed by atoms with Crippen LogP contribution in [0.25, 0.3) is 72.7 Å². The molecule has 0 atom stereocenters. The highest BCUT2D eigenvalue weighted by molar-refractivity contribution is 5.98. The molecule has 5 heteroatoms. The lowest BCUT2D eigenvalue weighted by Gasteiger charge is -2.12. The first kappa shape index (κ1) is 23.2. The van der Waals surface area contributed by atoms with Crippen LogP contribution in [-0.4, -0.2) is 24.3 Å². The summed E-state index contributed by atoms with van der Waals surface area (Å²) in [7, 11) is 0. The molecule has 0 amide bonds.